The number of ketones is 2. The summed E-state index contributed by atoms with van der Waals surface area (Å²) in [5.41, 5.74) is 13.3. The van der Waals surface area contributed by atoms with E-state index in [0.717, 1.165) is 0 Å². The number of carboxylic acid groups (broad SMARTS) is 1. The van der Waals surface area contributed by atoms with E-state index in [1.165, 1.54) is 12.1 Å². The van der Waals surface area contributed by atoms with Gasteiger partial charge in [-0.15, -0.1) is 0 Å². The lowest BCUT2D eigenvalue weighted by Crippen LogP contribution is -2.23. The van der Waals surface area contributed by atoms with Gasteiger partial charge in [0.2, 0.25) is 0 Å². The maximum Gasteiger partial charge on any atom is 0.338 e. The van der Waals surface area contributed by atoms with Crippen LogP contribution in [0.5, 0.6) is 0 Å². The Morgan fingerprint density at radius 1 is 0.667 bits per heavy atom. The van der Waals surface area contributed by atoms with E-state index in [0.29, 0.717) is 5.56 Å². The van der Waals surface area contributed by atoms with Gasteiger partial charge in [0.05, 0.1) is 11.1 Å². The fraction of sp³-hybridized carbons (Fsp3) is 0. The molecule has 6 nitrogen and oxygen atoms in total. The molecule has 132 valence electrons. The molecule has 1 aliphatic carbocycles. The van der Waals surface area contributed by atoms with Crippen LogP contribution in [0.3, 0.4) is 0 Å². The molecule has 3 aromatic carbocycles. The van der Waals surface area contributed by atoms with Crippen LogP contribution in [0.1, 0.15) is 42.2 Å². The molecule has 0 aliphatic heterocycles. The fourth-order valence-electron chi connectivity index (χ4n) is 3.51. The lowest BCUT2D eigenvalue weighted by atomic mass is 9.79. The van der Waals surface area contributed by atoms with Gasteiger partial charge >= 0.3 is 5.97 Å². The number of carbonyl (C=O) groups is 3. The highest BCUT2D eigenvalue weighted by molar-refractivity contribution is 6.32. The van der Waals surface area contributed by atoms with Crippen molar-refractivity contribution in [2.24, 2.45) is 0 Å². The van der Waals surface area contributed by atoms with Gasteiger partial charge in [-0.1, -0.05) is 42.5 Å². The summed E-state index contributed by atoms with van der Waals surface area (Å²) in [6.07, 6.45) is 0. The predicted octanol–water partition coefficient (Wildman–Crippen LogP) is 2.99. The number of hydrogen-bond acceptors (Lipinski definition) is 5. The quantitative estimate of drug-likeness (QED) is 0.473. The molecule has 0 radical (unpaired) electrons. The minimum Gasteiger partial charge on any atom is -0.478 e. The number of fused-ring (bicyclic) bond motifs is 2. The van der Waals surface area contributed by atoms with Gasteiger partial charge in [0.25, 0.3) is 0 Å². The number of aromatic carboxylic acids is 1. The Balaban J connectivity index is 2.09. The molecule has 0 unspecified atom stereocenters. The van der Waals surface area contributed by atoms with Crippen molar-refractivity contribution in [3.63, 3.8) is 0 Å². The molecule has 3 aromatic rings. The number of nitrogen functional groups attached to an aromatic ring is 2. The van der Waals surface area contributed by atoms with Crippen LogP contribution in [0.25, 0.3) is 11.1 Å². The summed E-state index contributed by atoms with van der Waals surface area (Å²) in [4.78, 5) is 37.9. The van der Waals surface area contributed by atoms with E-state index in [-0.39, 0.29) is 56.3 Å². The molecule has 0 saturated heterocycles. The molecule has 0 atom stereocenters. The number of anilines is 2. The summed E-state index contributed by atoms with van der Waals surface area (Å²) >= 11 is 0. The first-order valence-corrected chi connectivity index (χ1v) is 8.15. The maximum atomic E-state index is 13.2. The Bertz CT molecular complexity index is 1160. The molecule has 0 bridgehead atoms. The van der Waals surface area contributed by atoms with Crippen molar-refractivity contribution in [1.82, 2.24) is 0 Å². The van der Waals surface area contributed by atoms with Gasteiger partial charge in [-0.05, 0) is 23.3 Å². The summed E-state index contributed by atoms with van der Waals surface area (Å²) in [5.74, 6) is -1.95. The second-order valence-electron chi connectivity index (χ2n) is 6.23. The SMILES string of the molecule is Nc1cccc(-c2ccc(N)c3c2C(=O)c2ccccc2C3=O)c1C(=O)O. The molecule has 0 amide bonds. The molecule has 1 aliphatic rings. The van der Waals surface area contributed by atoms with E-state index in [2.05, 4.69) is 0 Å². The second kappa shape index (κ2) is 5.81. The molecule has 0 fully saturated rings. The number of carboxylic acids is 1. The van der Waals surface area contributed by atoms with Crippen molar-refractivity contribution in [3.8, 4) is 11.1 Å². The minimum atomic E-state index is -1.22. The zero-order valence-electron chi connectivity index (χ0n) is 14.0. The van der Waals surface area contributed by atoms with E-state index < -0.39 is 5.97 Å². The van der Waals surface area contributed by atoms with Crippen molar-refractivity contribution in [1.29, 1.82) is 0 Å². The maximum absolute atomic E-state index is 13.2. The first-order valence-electron chi connectivity index (χ1n) is 8.15. The second-order valence-corrected chi connectivity index (χ2v) is 6.23. The number of nitrogens with two attached hydrogens (primary N) is 2. The highest BCUT2D eigenvalue weighted by atomic mass is 16.4. The van der Waals surface area contributed by atoms with Gasteiger partial charge in [0.15, 0.2) is 11.6 Å². The van der Waals surface area contributed by atoms with Gasteiger partial charge in [0.1, 0.15) is 0 Å². The Kier molecular flexibility index (Phi) is 3.56. The van der Waals surface area contributed by atoms with Crippen LogP contribution in [0.15, 0.2) is 54.6 Å². The first-order chi connectivity index (χ1) is 12.9. The molecule has 4 rings (SSSR count). The van der Waals surface area contributed by atoms with Crippen LogP contribution in [-0.4, -0.2) is 22.6 Å². The molecule has 0 heterocycles. The van der Waals surface area contributed by atoms with Crippen LogP contribution in [0.2, 0.25) is 0 Å². The smallest absolute Gasteiger partial charge is 0.338 e. The van der Waals surface area contributed by atoms with Crippen molar-refractivity contribution in [2.75, 3.05) is 11.5 Å². The fourth-order valence-corrected chi connectivity index (χ4v) is 3.51. The van der Waals surface area contributed by atoms with Crippen LogP contribution in [0.4, 0.5) is 11.4 Å². The lowest BCUT2D eigenvalue weighted by Gasteiger charge is -2.22. The predicted molar refractivity (Wildman–Crippen MR) is 101 cm³/mol. The van der Waals surface area contributed by atoms with Crippen LogP contribution in [-0.2, 0) is 0 Å². The van der Waals surface area contributed by atoms with Crippen LogP contribution >= 0.6 is 0 Å². The van der Waals surface area contributed by atoms with Gasteiger partial charge in [-0.2, -0.15) is 0 Å². The van der Waals surface area contributed by atoms with Gasteiger partial charge in [-0.3, -0.25) is 9.59 Å². The van der Waals surface area contributed by atoms with E-state index in [4.69, 9.17) is 11.5 Å². The van der Waals surface area contributed by atoms with E-state index in [1.54, 1.807) is 42.5 Å². The standard InChI is InChI=1S/C21H14N2O4/c22-14-7-3-6-10(16(14)21(26)27)11-8-9-15(23)18-17(11)19(24)12-4-1-2-5-13(12)20(18)25/h1-9H,22-23H2,(H,26,27). The van der Waals surface area contributed by atoms with Gasteiger partial charge in [-0.25, -0.2) is 4.79 Å². The third-order valence-corrected chi connectivity index (χ3v) is 4.71. The molecular formula is C21H14N2O4. The summed E-state index contributed by atoms with van der Waals surface area (Å²) in [6.45, 7) is 0. The normalized spacial score (nSPS) is 12.4. The molecule has 27 heavy (non-hydrogen) atoms. The third-order valence-electron chi connectivity index (χ3n) is 4.71. The summed E-state index contributed by atoms with van der Waals surface area (Å²) in [5, 5.41) is 9.59. The van der Waals surface area contributed by atoms with Gasteiger partial charge in [0, 0.05) is 28.1 Å². The van der Waals surface area contributed by atoms with E-state index in [9.17, 15) is 19.5 Å². The highest BCUT2D eigenvalue weighted by Crippen LogP contribution is 2.39. The number of hydrogen-bond donors (Lipinski definition) is 3. The highest BCUT2D eigenvalue weighted by Gasteiger charge is 2.34. The number of benzene rings is 3. The largest absolute Gasteiger partial charge is 0.478 e. The van der Waals surface area contributed by atoms with Crippen molar-refractivity contribution < 1.29 is 19.5 Å². The Morgan fingerprint density at radius 2 is 1.26 bits per heavy atom. The minimum absolute atomic E-state index is 0.0700. The summed E-state index contributed by atoms with van der Waals surface area (Å²) in [7, 11) is 0. The van der Waals surface area contributed by atoms with Crippen LogP contribution in [0, 0.1) is 0 Å². The topological polar surface area (TPSA) is 123 Å². The zero-order valence-corrected chi connectivity index (χ0v) is 14.0. The van der Waals surface area contributed by atoms with Crippen LogP contribution < -0.4 is 11.5 Å². The monoisotopic (exact) mass is 358 g/mol. The molecule has 0 aromatic heterocycles. The third kappa shape index (κ3) is 2.31. The van der Waals surface area contributed by atoms with Crippen molar-refractivity contribution in [3.05, 3.63) is 82.4 Å². The average molecular weight is 358 g/mol. The number of rotatable bonds is 2. The van der Waals surface area contributed by atoms with E-state index >= 15 is 0 Å². The molecule has 5 N–H and O–H groups in total. The lowest BCUT2D eigenvalue weighted by molar-refractivity contribution is 0.0698. The summed E-state index contributed by atoms with van der Waals surface area (Å²) < 4.78 is 0. The Hall–Kier alpha value is -3.93. The molecule has 6 heteroatoms. The molecule has 0 saturated carbocycles. The summed E-state index contributed by atoms with van der Waals surface area (Å²) in [6, 6.07) is 14.2. The van der Waals surface area contributed by atoms with E-state index in [1.807, 2.05) is 0 Å². The number of carbonyl (C=O) groups excluding carboxylic acids is 2. The molecule has 0 spiro atoms. The Morgan fingerprint density at radius 3 is 1.89 bits per heavy atom. The first kappa shape index (κ1) is 16.5. The zero-order chi connectivity index (χ0) is 19.3. The van der Waals surface area contributed by atoms with Crippen molar-refractivity contribution >= 4 is 28.9 Å². The van der Waals surface area contributed by atoms with Crippen molar-refractivity contribution in [2.45, 2.75) is 0 Å². The average Bonchev–Trinajstić information content (AvgIpc) is 2.65. The molecular weight excluding hydrogens is 344 g/mol. The van der Waals surface area contributed by atoms with Gasteiger partial charge < -0.3 is 16.6 Å². The Labute approximate surface area is 154 Å².